The molecule has 0 fully saturated rings. The zero-order valence-electron chi connectivity index (χ0n) is 11.5. The second-order valence-electron chi connectivity index (χ2n) is 5.05. The van der Waals surface area contributed by atoms with E-state index in [0.717, 1.165) is 11.1 Å². The average molecular weight is 321 g/mol. The van der Waals surface area contributed by atoms with Crippen molar-refractivity contribution in [2.75, 3.05) is 0 Å². The number of hydrogen-bond acceptors (Lipinski definition) is 0. The monoisotopic (exact) mass is 320 g/mol. The Labute approximate surface area is 122 Å². The van der Waals surface area contributed by atoms with Crippen molar-refractivity contribution in [3.8, 4) is 0 Å². The molecule has 2 rings (SSSR count). The second-order valence-corrected chi connectivity index (χ2v) is 6.04. The molecule has 0 heterocycles. The van der Waals surface area contributed by atoms with Gasteiger partial charge in [-0.2, -0.15) is 0 Å². The molecular weight excluding hydrogens is 303 g/mol. The van der Waals surface area contributed by atoms with Crippen LogP contribution in [0.3, 0.4) is 0 Å². The van der Waals surface area contributed by atoms with Crippen LogP contribution < -0.4 is 0 Å². The van der Waals surface area contributed by atoms with Crippen LogP contribution in [0.15, 0.2) is 42.5 Å². The molecular formula is C17H18BrF. The first-order chi connectivity index (χ1) is 9.00. The SMILES string of the molecule is Cc1cc(F)cc(C)c1C(Br)C(C)c1ccccc1. The Kier molecular flexibility index (Phi) is 4.41. The highest BCUT2D eigenvalue weighted by Crippen LogP contribution is 2.40. The molecule has 0 amide bonds. The van der Waals surface area contributed by atoms with E-state index >= 15 is 0 Å². The summed E-state index contributed by atoms with van der Waals surface area (Å²) in [6, 6.07) is 13.6. The van der Waals surface area contributed by atoms with E-state index in [2.05, 4.69) is 47.1 Å². The molecule has 0 aliphatic rings. The van der Waals surface area contributed by atoms with Crippen LogP contribution in [-0.4, -0.2) is 0 Å². The third-order valence-corrected chi connectivity index (χ3v) is 4.85. The van der Waals surface area contributed by atoms with Gasteiger partial charge in [0.15, 0.2) is 0 Å². The van der Waals surface area contributed by atoms with Gasteiger partial charge in [-0.1, -0.05) is 53.2 Å². The topological polar surface area (TPSA) is 0 Å². The minimum atomic E-state index is -0.161. The molecule has 2 heteroatoms. The molecule has 0 saturated heterocycles. The second kappa shape index (κ2) is 5.87. The minimum absolute atomic E-state index is 0.161. The molecule has 0 aromatic heterocycles. The molecule has 2 aromatic carbocycles. The fourth-order valence-electron chi connectivity index (χ4n) is 2.53. The van der Waals surface area contributed by atoms with Gasteiger partial charge in [-0.3, -0.25) is 0 Å². The molecule has 2 atom stereocenters. The van der Waals surface area contributed by atoms with E-state index < -0.39 is 0 Å². The number of hydrogen-bond donors (Lipinski definition) is 0. The van der Waals surface area contributed by atoms with Crippen molar-refractivity contribution in [3.05, 3.63) is 70.5 Å². The zero-order chi connectivity index (χ0) is 14.0. The summed E-state index contributed by atoms with van der Waals surface area (Å²) in [5.41, 5.74) is 4.48. The summed E-state index contributed by atoms with van der Waals surface area (Å²) in [4.78, 5) is 0.190. The van der Waals surface area contributed by atoms with Gasteiger partial charge >= 0.3 is 0 Å². The fourth-order valence-corrected chi connectivity index (χ4v) is 3.56. The molecule has 2 aromatic rings. The summed E-state index contributed by atoms with van der Waals surface area (Å²) in [7, 11) is 0. The van der Waals surface area contributed by atoms with Crippen molar-refractivity contribution in [2.45, 2.75) is 31.5 Å². The lowest BCUT2D eigenvalue weighted by Gasteiger charge is -2.23. The largest absolute Gasteiger partial charge is 0.207 e. The van der Waals surface area contributed by atoms with Crippen LogP contribution >= 0.6 is 15.9 Å². The van der Waals surface area contributed by atoms with E-state index in [4.69, 9.17) is 0 Å². The maximum atomic E-state index is 13.4. The van der Waals surface area contributed by atoms with E-state index in [1.165, 1.54) is 11.1 Å². The molecule has 100 valence electrons. The quantitative estimate of drug-likeness (QED) is 0.638. The van der Waals surface area contributed by atoms with Crippen LogP contribution in [0.25, 0.3) is 0 Å². The van der Waals surface area contributed by atoms with Crippen molar-refractivity contribution in [2.24, 2.45) is 0 Å². The van der Waals surface area contributed by atoms with Crippen LogP contribution in [0.1, 0.15) is 39.9 Å². The summed E-state index contributed by atoms with van der Waals surface area (Å²) in [5, 5.41) is 0. The van der Waals surface area contributed by atoms with Gasteiger partial charge in [-0.15, -0.1) is 0 Å². The van der Waals surface area contributed by atoms with Crippen molar-refractivity contribution in [3.63, 3.8) is 0 Å². The number of rotatable bonds is 3. The summed E-state index contributed by atoms with van der Waals surface area (Å²) in [6.07, 6.45) is 0. The van der Waals surface area contributed by atoms with Crippen LogP contribution in [0.2, 0.25) is 0 Å². The molecule has 2 unspecified atom stereocenters. The maximum Gasteiger partial charge on any atom is 0.123 e. The molecule has 0 aliphatic heterocycles. The maximum absolute atomic E-state index is 13.4. The van der Waals surface area contributed by atoms with Crippen molar-refractivity contribution >= 4 is 15.9 Å². The molecule has 0 radical (unpaired) electrons. The van der Waals surface area contributed by atoms with Gasteiger partial charge in [0.2, 0.25) is 0 Å². The van der Waals surface area contributed by atoms with E-state index in [1.54, 1.807) is 12.1 Å². The molecule has 0 N–H and O–H groups in total. The first-order valence-electron chi connectivity index (χ1n) is 6.46. The molecule has 0 aliphatic carbocycles. The van der Waals surface area contributed by atoms with E-state index in [1.807, 2.05) is 19.9 Å². The third-order valence-electron chi connectivity index (χ3n) is 3.60. The third kappa shape index (κ3) is 3.06. The standard InChI is InChI=1S/C17H18BrF/c1-11-9-15(19)10-12(2)16(11)17(18)13(3)14-7-5-4-6-8-14/h4-10,13,17H,1-3H3. The average Bonchev–Trinajstić information content (AvgIpc) is 2.37. The number of alkyl halides is 1. The first kappa shape index (κ1) is 14.3. The number of aryl methyl sites for hydroxylation is 2. The van der Waals surface area contributed by atoms with E-state index in [9.17, 15) is 4.39 Å². The fraction of sp³-hybridized carbons (Fsp3) is 0.294. The molecule has 0 bridgehead atoms. The Morgan fingerprint density at radius 1 is 1.00 bits per heavy atom. The van der Waals surface area contributed by atoms with E-state index in [0.29, 0.717) is 5.92 Å². The van der Waals surface area contributed by atoms with Crippen LogP contribution in [0.4, 0.5) is 4.39 Å². The lowest BCUT2D eigenvalue weighted by atomic mass is 9.89. The molecule has 0 nitrogen and oxygen atoms in total. The lowest BCUT2D eigenvalue weighted by Crippen LogP contribution is -2.06. The Hall–Kier alpha value is -1.15. The van der Waals surface area contributed by atoms with Crippen molar-refractivity contribution in [1.82, 2.24) is 0 Å². The van der Waals surface area contributed by atoms with Crippen molar-refractivity contribution < 1.29 is 4.39 Å². The highest BCUT2D eigenvalue weighted by Gasteiger charge is 2.21. The lowest BCUT2D eigenvalue weighted by molar-refractivity contribution is 0.622. The van der Waals surface area contributed by atoms with Gasteiger partial charge in [0.1, 0.15) is 5.82 Å². The predicted octanol–water partition coefficient (Wildman–Crippen LogP) is 5.68. The Morgan fingerprint density at radius 2 is 1.53 bits per heavy atom. The van der Waals surface area contributed by atoms with Gasteiger partial charge in [0.25, 0.3) is 0 Å². The van der Waals surface area contributed by atoms with Crippen LogP contribution in [0.5, 0.6) is 0 Å². The van der Waals surface area contributed by atoms with Gasteiger partial charge in [-0.05, 0) is 54.2 Å². The van der Waals surface area contributed by atoms with Gasteiger partial charge < -0.3 is 0 Å². The summed E-state index contributed by atoms with van der Waals surface area (Å²) in [6.45, 7) is 6.13. The molecule has 0 spiro atoms. The predicted molar refractivity (Wildman–Crippen MR) is 82.4 cm³/mol. The highest BCUT2D eigenvalue weighted by atomic mass is 79.9. The Morgan fingerprint density at radius 3 is 2.05 bits per heavy atom. The van der Waals surface area contributed by atoms with E-state index in [-0.39, 0.29) is 10.6 Å². The summed E-state index contributed by atoms with van der Waals surface area (Å²) in [5.74, 6) is 0.176. The van der Waals surface area contributed by atoms with Crippen LogP contribution in [0, 0.1) is 19.7 Å². The van der Waals surface area contributed by atoms with Crippen molar-refractivity contribution in [1.29, 1.82) is 0 Å². The minimum Gasteiger partial charge on any atom is -0.207 e. The van der Waals surface area contributed by atoms with Crippen LogP contribution in [-0.2, 0) is 0 Å². The number of benzene rings is 2. The molecule has 0 saturated carbocycles. The summed E-state index contributed by atoms with van der Waals surface area (Å²) >= 11 is 3.79. The summed E-state index contributed by atoms with van der Waals surface area (Å²) < 4.78 is 13.4. The normalized spacial score (nSPS) is 14.2. The number of halogens is 2. The Bertz CT molecular complexity index is 540. The molecule has 19 heavy (non-hydrogen) atoms. The van der Waals surface area contributed by atoms with Gasteiger partial charge in [0, 0.05) is 4.83 Å². The smallest absolute Gasteiger partial charge is 0.123 e. The van der Waals surface area contributed by atoms with Gasteiger partial charge in [-0.25, -0.2) is 4.39 Å². The van der Waals surface area contributed by atoms with Gasteiger partial charge in [0.05, 0.1) is 0 Å². The highest BCUT2D eigenvalue weighted by molar-refractivity contribution is 9.09. The first-order valence-corrected chi connectivity index (χ1v) is 7.38. The Balaban J connectivity index is 2.37. The zero-order valence-corrected chi connectivity index (χ0v) is 13.0.